The highest BCUT2D eigenvalue weighted by Crippen LogP contribution is 2.15. The van der Waals surface area contributed by atoms with Crippen LogP contribution in [0.1, 0.15) is 5.89 Å². The Bertz CT molecular complexity index is 480. The molecule has 1 heterocycles. The largest absolute Gasteiger partial charge is 0.466 e. The second kappa shape index (κ2) is 3.96. The lowest BCUT2D eigenvalue weighted by Crippen LogP contribution is -1.93. The molecule has 1 aromatic heterocycles. The molecular weight excluding hydrogens is 194 g/mol. The molecule has 0 unspecified atom stereocenters. The van der Waals surface area contributed by atoms with Gasteiger partial charge in [0.05, 0.1) is 7.11 Å². The second-order valence-electron chi connectivity index (χ2n) is 2.88. The Morgan fingerprint density at radius 2 is 2.27 bits per heavy atom. The van der Waals surface area contributed by atoms with E-state index in [0.29, 0.717) is 11.5 Å². The van der Waals surface area contributed by atoms with Gasteiger partial charge in [-0.1, -0.05) is 12.1 Å². The van der Waals surface area contributed by atoms with Crippen LogP contribution in [0.2, 0.25) is 0 Å². The van der Waals surface area contributed by atoms with E-state index in [-0.39, 0.29) is 0 Å². The number of ether oxygens (including phenoxy) is 1. The van der Waals surface area contributed by atoms with Crippen molar-refractivity contribution in [2.45, 2.75) is 0 Å². The minimum absolute atomic E-state index is 0.390. The van der Waals surface area contributed by atoms with Crippen molar-refractivity contribution < 1.29 is 13.9 Å². The zero-order valence-electron chi connectivity index (χ0n) is 8.14. The highest BCUT2D eigenvalue weighted by atomic mass is 16.5. The number of aromatic nitrogens is 1. The van der Waals surface area contributed by atoms with Crippen LogP contribution >= 0.6 is 0 Å². The first-order valence-corrected chi connectivity index (χ1v) is 4.41. The van der Waals surface area contributed by atoms with Crippen LogP contribution in [0, 0.1) is 0 Å². The zero-order valence-corrected chi connectivity index (χ0v) is 8.14. The Balaban J connectivity index is 2.29. The Morgan fingerprint density at radius 1 is 1.47 bits per heavy atom. The van der Waals surface area contributed by atoms with Gasteiger partial charge >= 0.3 is 5.97 Å². The fourth-order valence-corrected chi connectivity index (χ4v) is 1.17. The van der Waals surface area contributed by atoms with Gasteiger partial charge in [-0.3, -0.25) is 0 Å². The van der Waals surface area contributed by atoms with E-state index in [1.54, 1.807) is 0 Å². The van der Waals surface area contributed by atoms with Crippen molar-refractivity contribution in [1.82, 2.24) is 4.98 Å². The third-order valence-corrected chi connectivity index (χ3v) is 1.87. The third kappa shape index (κ3) is 2.04. The lowest BCUT2D eigenvalue weighted by atomic mass is 10.3. The monoisotopic (exact) mass is 203 g/mol. The summed E-state index contributed by atoms with van der Waals surface area (Å²) < 4.78 is 9.81. The highest BCUT2D eigenvalue weighted by Gasteiger charge is 2.01. The molecular formula is C11H9NO3. The van der Waals surface area contributed by atoms with E-state index < -0.39 is 5.97 Å². The van der Waals surface area contributed by atoms with Gasteiger partial charge in [-0.05, 0) is 12.1 Å². The topological polar surface area (TPSA) is 52.3 Å². The van der Waals surface area contributed by atoms with E-state index in [9.17, 15) is 4.79 Å². The number of para-hydroxylation sites is 2. The third-order valence-electron chi connectivity index (χ3n) is 1.87. The molecule has 0 aliphatic heterocycles. The molecule has 76 valence electrons. The van der Waals surface area contributed by atoms with Gasteiger partial charge in [0.1, 0.15) is 5.52 Å². The number of benzene rings is 1. The van der Waals surface area contributed by atoms with E-state index in [1.165, 1.54) is 19.3 Å². The average Bonchev–Trinajstić information content (AvgIpc) is 2.68. The Labute approximate surface area is 86.2 Å². The van der Waals surface area contributed by atoms with Crippen LogP contribution in [0.15, 0.2) is 34.8 Å². The fourth-order valence-electron chi connectivity index (χ4n) is 1.17. The van der Waals surface area contributed by atoms with Gasteiger partial charge in [0, 0.05) is 12.2 Å². The predicted octanol–water partition coefficient (Wildman–Crippen LogP) is 2.01. The molecule has 0 aliphatic rings. The maximum atomic E-state index is 10.8. The Kier molecular flexibility index (Phi) is 2.49. The van der Waals surface area contributed by atoms with E-state index in [1.807, 2.05) is 24.3 Å². The molecule has 0 radical (unpaired) electrons. The molecule has 2 rings (SSSR count). The average molecular weight is 203 g/mol. The van der Waals surface area contributed by atoms with E-state index in [4.69, 9.17) is 4.42 Å². The van der Waals surface area contributed by atoms with Gasteiger partial charge in [-0.2, -0.15) is 0 Å². The van der Waals surface area contributed by atoms with E-state index in [0.717, 1.165) is 5.52 Å². The second-order valence-corrected chi connectivity index (χ2v) is 2.88. The van der Waals surface area contributed by atoms with Gasteiger partial charge in [0.25, 0.3) is 0 Å². The van der Waals surface area contributed by atoms with E-state index >= 15 is 0 Å². The normalized spacial score (nSPS) is 11.0. The Hall–Kier alpha value is -2.10. The van der Waals surface area contributed by atoms with Crippen molar-refractivity contribution in [3.63, 3.8) is 0 Å². The summed E-state index contributed by atoms with van der Waals surface area (Å²) in [4.78, 5) is 15.0. The number of esters is 1. The van der Waals surface area contributed by atoms with Crippen LogP contribution in [-0.4, -0.2) is 18.1 Å². The van der Waals surface area contributed by atoms with Crippen LogP contribution in [0.5, 0.6) is 0 Å². The molecule has 2 aromatic rings. The van der Waals surface area contributed by atoms with Crippen molar-refractivity contribution in [3.8, 4) is 0 Å². The molecule has 0 fully saturated rings. The molecule has 0 N–H and O–H groups in total. The number of methoxy groups -OCH3 is 1. The van der Waals surface area contributed by atoms with Gasteiger partial charge in [-0.15, -0.1) is 0 Å². The standard InChI is InChI=1S/C11H9NO3/c1-14-11(13)7-6-10-12-8-4-2-3-5-9(8)15-10/h2-7H,1H3. The molecule has 0 atom stereocenters. The molecule has 0 amide bonds. The maximum Gasteiger partial charge on any atom is 0.330 e. The lowest BCUT2D eigenvalue weighted by Gasteiger charge is -1.86. The van der Waals surface area contributed by atoms with Gasteiger partial charge < -0.3 is 9.15 Å². The summed E-state index contributed by atoms with van der Waals surface area (Å²) in [5.41, 5.74) is 1.46. The molecule has 15 heavy (non-hydrogen) atoms. The van der Waals surface area contributed by atoms with Crippen LogP contribution in [0.25, 0.3) is 17.2 Å². The first-order chi connectivity index (χ1) is 7.29. The quantitative estimate of drug-likeness (QED) is 0.553. The summed E-state index contributed by atoms with van der Waals surface area (Å²) in [6, 6.07) is 7.39. The van der Waals surface area contributed by atoms with Crippen LogP contribution in [-0.2, 0) is 9.53 Å². The number of hydrogen-bond acceptors (Lipinski definition) is 4. The minimum atomic E-state index is -0.433. The lowest BCUT2D eigenvalue weighted by molar-refractivity contribution is -0.134. The molecule has 0 bridgehead atoms. The van der Waals surface area contributed by atoms with Gasteiger partial charge in [0.2, 0.25) is 5.89 Å². The predicted molar refractivity (Wildman–Crippen MR) is 55.1 cm³/mol. The number of rotatable bonds is 2. The van der Waals surface area contributed by atoms with Crippen LogP contribution in [0.4, 0.5) is 0 Å². The molecule has 0 saturated carbocycles. The molecule has 4 nitrogen and oxygen atoms in total. The molecule has 4 heteroatoms. The number of fused-ring (bicyclic) bond motifs is 1. The maximum absolute atomic E-state index is 10.8. The van der Waals surface area contributed by atoms with Crippen molar-refractivity contribution >= 4 is 23.1 Å². The van der Waals surface area contributed by atoms with Crippen molar-refractivity contribution in [2.75, 3.05) is 7.11 Å². The number of carbonyl (C=O) groups excluding carboxylic acids is 1. The number of oxazole rings is 1. The van der Waals surface area contributed by atoms with Crippen LogP contribution in [0.3, 0.4) is 0 Å². The molecule has 0 aliphatic carbocycles. The molecule has 1 aromatic carbocycles. The minimum Gasteiger partial charge on any atom is -0.466 e. The van der Waals surface area contributed by atoms with Crippen molar-refractivity contribution in [2.24, 2.45) is 0 Å². The zero-order chi connectivity index (χ0) is 10.7. The Morgan fingerprint density at radius 3 is 3.00 bits per heavy atom. The van der Waals surface area contributed by atoms with Gasteiger partial charge in [0.15, 0.2) is 5.58 Å². The van der Waals surface area contributed by atoms with E-state index in [2.05, 4.69) is 9.72 Å². The first-order valence-electron chi connectivity index (χ1n) is 4.41. The number of carbonyl (C=O) groups is 1. The number of hydrogen-bond donors (Lipinski definition) is 0. The summed E-state index contributed by atoms with van der Waals surface area (Å²) >= 11 is 0. The summed E-state index contributed by atoms with van der Waals surface area (Å²) in [6.45, 7) is 0. The summed E-state index contributed by atoms with van der Waals surface area (Å²) in [5, 5.41) is 0. The van der Waals surface area contributed by atoms with Crippen molar-refractivity contribution in [3.05, 3.63) is 36.2 Å². The SMILES string of the molecule is COC(=O)C=Cc1nc2ccccc2o1. The summed E-state index contributed by atoms with van der Waals surface area (Å²) in [7, 11) is 1.32. The molecule has 0 saturated heterocycles. The molecule has 0 spiro atoms. The first kappa shape index (κ1) is 9.45. The number of nitrogens with zero attached hydrogens (tertiary/aromatic N) is 1. The van der Waals surface area contributed by atoms with Gasteiger partial charge in [-0.25, -0.2) is 9.78 Å². The smallest absolute Gasteiger partial charge is 0.330 e. The summed E-state index contributed by atoms with van der Waals surface area (Å²) in [6.07, 6.45) is 2.75. The van der Waals surface area contributed by atoms with Crippen molar-refractivity contribution in [1.29, 1.82) is 0 Å². The summed E-state index contributed by atoms with van der Waals surface area (Å²) in [5.74, 6) is -0.0427. The van der Waals surface area contributed by atoms with Crippen LogP contribution < -0.4 is 0 Å². The highest BCUT2D eigenvalue weighted by molar-refractivity contribution is 5.86. The fraction of sp³-hybridized carbons (Fsp3) is 0.0909.